The molecule has 0 radical (unpaired) electrons. The second-order valence-corrected chi connectivity index (χ2v) is 23.1. The molecule has 12 aromatic rings. The molecule has 12 aromatic carbocycles. The fourth-order valence-electron chi connectivity index (χ4n) is 13.2. The van der Waals surface area contributed by atoms with E-state index in [0.29, 0.717) is 0 Å². The number of rotatable bonds is 12. The molecule has 0 amide bonds. The lowest BCUT2D eigenvalue weighted by molar-refractivity contribution is 0.602. The summed E-state index contributed by atoms with van der Waals surface area (Å²) < 4.78 is 0. The maximum absolute atomic E-state index is 2.49. The maximum atomic E-state index is 2.49. The van der Waals surface area contributed by atoms with Crippen LogP contribution in [0.15, 0.2) is 230 Å². The summed E-state index contributed by atoms with van der Waals surface area (Å²) in [5, 5.41) is 12.5. The highest BCUT2D eigenvalue weighted by Crippen LogP contribution is 2.52. The van der Waals surface area contributed by atoms with Gasteiger partial charge in [-0.05, 0) is 186 Å². The molecule has 2 aliphatic carbocycles. The SMILES string of the molecule is Cc1ccc(N(c2ccc(/C=C/c3ccc(C=C4CCCCC4)cc3)cc2)c2ccc3c4cccc5c(N(c6ccc(C)cc6)c6ccc(/C=C/c7ccc(C=C8CCCCC8)cc7)cc6)c6ccccc6c(c6cccc2c36)c54)cc1. The Morgan fingerprint density at radius 1 is 0.268 bits per heavy atom. The molecule has 14 rings (SSSR count). The van der Waals surface area contributed by atoms with Crippen molar-refractivity contribution in [3.05, 3.63) is 274 Å². The minimum Gasteiger partial charge on any atom is -0.310 e. The van der Waals surface area contributed by atoms with Crippen LogP contribution in [0.3, 0.4) is 0 Å². The first-order chi connectivity index (χ1) is 40.5. The van der Waals surface area contributed by atoms with E-state index in [1.807, 2.05) is 0 Å². The molecule has 398 valence electrons. The Bertz CT molecular complexity index is 4390. The van der Waals surface area contributed by atoms with Crippen LogP contribution < -0.4 is 9.80 Å². The van der Waals surface area contributed by atoms with Crippen LogP contribution in [-0.4, -0.2) is 0 Å². The van der Waals surface area contributed by atoms with E-state index in [-0.39, 0.29) is 0 Å². The fraction of sp³-hybridized carbons (Fsp3) is 0.150. The van der Waals surface area contributed by atoms with Gasteiger partial charge in [-0.25, -0.2) is 0 Å². The Hall–Kier alpha value is -9.24. The molecule has 0 bridgehead atoms. The third-order valence-corrected chi connectivity index (χ3v) is 17.5. The molecule has 0 saturated heterocycles. The quantitative estimate of drug-likeness (QED) is 0.0683. The molecule has 0 atom stereocenters. The summed E-state index contributed by atoms with van der Waals surface area (Å²) in [6.45, 7) is 4.34. The molecule has 0 aromatic heterocycles. The van der Waals surface area contributed by atoms with Gasteiger partial charge in [0.05, 0.1) is 11.4 Å². The Kier molecular flexibility index (Phi) is 13.9. The second-order valence-electron chi connectivity index (χ2n) is 23.1. The van der Waals surface area contributed by atoms with Gasteiger partial charge in [-0.1, -0.05) is 235 Å². The zero-order chi connectivity index (χ0) is 54.9. The van der Waals surface area contributed by atoms with E-state index in [9.17, 15) is 0 Å². The van der Waals surface area contributed by atoms with E-state index in [1.165, 1.54) is 163 Å². The summed E-state index contributed by atoms with van der Waals surface area (Å²) in [6, 6.07) is 82.0. The van der Waals surface area contributed by atoms with Gasteiger partial charge < -0.3 is 9.80 Å². The van der Waals surface area contributed by atoms with Crippen molar-refractivity contribution in [2.45, 2.75) is 78.1 Å². The Morgan fingerprint density at radius 2 is 0.622 bits per heavy atom. The van der Waals surface area contributed by atoms with Gasteiger partial charge in [-0.3, -0.25) is 0 Å². The third kappa shape index (κ3) is 10.1. The first-order valence-corrected chi connectivity index (χ1v) is 29.9. The predicted molar refractivity (Wildman–Crippen MR) is 357 cm³/mol. The Morgan fingerprint density at radius 3 is 1.12 bits per heavy atom. The number of nitrogens with zero attached hydrogens (tertiary/aromatic N) is 2. The smallest absolute Gasteiger partial charge is 0.0619 e. The fourth-order valence-corrected chi connectivity index (χ4v) is 13.2. The molecule has 0 heterocycles. The van der Waals surface area contributed by atoms with Gasteiger partial charge in [0.1, 0.15) is 0 Å². The number of fused-ring (bicyclic) bond motifs is 4. The van der Waals surface area contributed by atoms with Crippen molar-refractivity contribution < 1.29 is 0 Å². The van der Waals surface area contributed by atoms with Crippen LogP contribution >= 0.6 is 0 Å². The van der Waals surface area contributed by atoms with Crippen LogP contribution in [0.25, 0.3) is 90.3 Å². The van der Waals surface area contributed by atoms with E-state index in [1.54, 1.807) is 11.1 Å². The first-order valence-electron chi connectivity index (χ1n) is 29.9. The molecule has 0 N–H and O–H groups in total. The van der Waals surface area contributed by atoms with E-state index in [2.05, 4.69) is 278 Å². The second kappa shape index (κ2) is 22.4. The van der Waals surface area contributed by atoms with Crippen LogP contribution in [0.1, 0.15) is 109 Å². The minimum absolute atomic E-state index is 1.11. The molecule has 2 saturated carbocycles. The number of aryl methyl sites for hydroxylation is 2. The molecular weight excluding hydrogens is 989 g/mol. The highest BCUT2D eigenvalue weighted by molar-refractivity contribution is 6.41. The summed E-state index contributed by atoms with van der Waals surface area (Å²) in [5.41, 5.74) is 19.8. The average molecular weight is 1060 g/mol. The van der Waals surface area contributed by atoms with Crippen molar-refractivity contribution in [1.29, 1.82) is 0 Å². The lowest BCUT2D eigenvalue weighted by Gasteiger charge is -2.30. The summed E-state index contributed by atoms with van der Waals surface area (Å²) in [5.74, 6) is 0. The summed E-state index contributed by atoms with van der Waals surface area (Å²) in [6.07, 6.45) is 26.7. The molecule has 2 nitrogen and oxygen atoms in total. The number of anilines is 6. The summed E-state index contributed by atoms with van der Waals surface area (Å²) in [7, 11) is 0. The standard InChI is InChI=1S/C80H68N2/c1-55-23-43-65(44-24-55)81(66-47-39-59(40-48-66)29-27-57-31-35-63(36-32-57)53-61-13-5-3-6-14-61)76-52-51-71-69-19-11-22-75-79(69)78(74-21-12-20-73(76)77(71)74)70-17-9-10-18-72(70)80(75)82(67-45-25-56(2)26-46-67)68-49-41-60(42-50-68)30-28-58-33-37-64(38-34-58)54-62-15-7-4-8-16-62/h9-12,17-54H,3-8,13-16H2,1-2H3/b29-27+,30-28+. The normalized spacial score (nSPS) is 14.1. The van der Waals surface area contributed by atoms with Crippen molar-refractivity contribution in [3.8, 4) is 0 Å². The van der Waals surface area contributed by atoms with Crippen LogP contribution in [0.2, 0.25) is 0 Å². The predicted octanol–water partition coefficient (Wildman–Crippen LogP) is 23.5. The van der Waals surface area contributed by atoms with Gasteiger partial charge in [0, 0.05) is 44.3 Å². The highest BCUT2D eigenvalue weighted by Gasteiger charge is 2.26. The minimum atomic E-state index is 1.11. The number of allylic oxidation sites excluding steroid dienone is 2. The van der Waals surface area contributed by atoms with E-state index in [4.69, 9.17) is 0 Å². The van der Waals surface area contributed by atoms with Gasteiger partial charge in [0.2, 0.25) is 0 Å². The Balaban J connectivity index is 0.852. The molecule has 0 spiro atoms. The van der Waals surface area contributed by atoms with Crippen LogP contribution in [-0.2, 0) is 0 Å². The lowest BCUT2D eigenvalue weighted by Crippen LogP contribution is -2.12. The number of benzene rings is 12. The lowest BCUT2D eigenvalue weighted by atomic mass is 9.85. The summed E-state index contributed by atoms with van der Waals surface area (Å²) in [4.78, 5) is 4.94. The van der Waals surface area contributed by atoms with E-state index >= 15 is 0 Å². The molecule has 82 heavy (non-hydrogen) atoms. The van der Waals surface area contributed by atoms with Gasteiger partial charge in [0.15, 0.2) is 0 Å². The maximum Gasteiger partial charge on any atom is 0.0619 e. The van der Waals surface area contributed by atoms with Crippen molar-refractivity contribution in [2.75, 3.05) is 9.80 Å². The number of hydrogen-bond acceptors (Lipinski definition) is 2. The number of hydrogen-bond donors (Lipinski definition) is 0. The largest absolute Gasteiger partial charge is 0.310 e. The monoisotopic (exact) mass is 1060 g/mol. The van der Waals surface area contributed by atoms with Crippen LogP contribution in [0.5, 0.6) is 0 Å². The van der Waals surface area contributed by atoms with E-state index in [0.717, 1.165) is 34.0 Å². The van der Waals surface area contributed by atoms with Gasteiger partial charge in [-0.15, -0.1) is 0 Å². The first kappa shape index (κ1) is 50.9. The van der Waals surface area contributed by atoms with Crippen LogP contribution in [0.4, 0.5) is 34.1 Å². The van der Waals surface area contributed by atoms with E-state index < -0.39 is 0 Å². The van der Waals surface area contributed by atoms with Crippen molar-refractivity contribution in [2.24, 2.45) is 0 Å². The van der Waals surface area contributed by atoms with Crippen LogP contribution in [0, 0.1) is 13.8 Å². The molecule has 2 heteroatoms. The zero-order valence-corrected chi connectivity index (χ0v) is 47.2. The average Bonchev–Trinajstić information content (AvgIpc) is 3.19. The Labute approximate surface area is 483 Å². The molecule has 2 aliphatic rings. The van der Waals surface area contributed by atoms with Gasteiger partial charge in [0.25, 0.3) is 0 Å². The van der Waals surface area contributed by atoms with Crippen molar-refractivity contribution >= 4 is 124 Å². The highest BCUT2D eigenvalue weighted by atomic mass is 15.1. The summed E-state index contributed by atoms with van der Waals surface area (Å²) >= 11 is 0. The molecule has 2 fully saturated rings. The molecule has 0 aliphatic heterocycles. The van der Waals surface area contributed by atoms with Crippen molar-refractivity contribution in [3.63, 3.8) is 0 Å². The third-order valence-electron chi connectivity index (χ3n) is 17.5. The molecular formula is C80H68N2. The zero-order valence-electron chi connectivity index (χ0n) is 47.2. The topological polar surface area (TPSA) is 6.48 Å². The van der Waals surface area contributed by atoms with Gasteiger partial charge >= 0.3 is 0 Å². The molecule has 0 unspecified atom stereocenters. The van der Waals surface area contributed by atoms with Gasteiger partial charge in [-0.2, -0.15) is 0 Å². The van der Waals surface area contributed by atoms with Crippen molar-refractivity contribution in [1.82, 2.24) is 0 Å².